The first-order valence-corrected chi connectivity index (χ1v) is 6.65. The summed E-state index contributed by atoms with van der Waals surface area (Å²) in [5.74, 6) is -0.379. The first-order valence-electron chi connectivity index (χ1n) is 3.86. The van der Waals surface area contributed by atoms with Gasteiger partial charge in [-0.15, -0.1) is 0 Å². The van der Waals surface area contributed by atoms with Gasteiger partial charge in [0.1, 0.15) is 5.60 Å². The van der Waals surface area contributed by atoms with Crippen molar-refractivity contribution < 1.29 is 14.1 Å². The number of hydrogen-bond donors (Lipinski definition) is 0. The predicted molar refractivity (Wildman–Crippen MR) is 50.2 cm³/mol. The van der Waals surface area contributed by atoms with Crippen LogP contribution in [0.5, 0.6) is 0 Å². The Morgan fingerprint density at radius 1 is 1.33 bits per heavy atom. The topological polar surface area (TPSA) is 43.4 Å². The van der Waals surface area contributed by atoms with E-state index in [0.29, 0.717) is 0 Å². The molecule has 0 rings (SSSR count). The molecule has 0 N–H and O–H groups in total. The normalized spacial score (nSPS) is 12.8. The molecule has 0 bridgehead atoms. The number of carbonyl (C=O) groups is 1. The molecule has 0 radical (unpaired) electrons. The van der Waals surface area contributed by atoms with Crippen molar-refractivity contribution in [2.45, 2.75) is 26.4 Å². The van der Waals surface area contributed by atoms with Crippen LogP contribution in [0.1, 0.15) is 20.8 Å². The molecule has 0 heterocycles. The molecule has 0 spiro atoms. The third kappa shape index (κ3) is 7.80. The van der Waals surface area contributed by atoms with Crippen LogP contribution in [0, 0.1) is 0 Å². The lowest BCUT2D eigenvalue weighted by molar-refractivity contribution is -0.151. The van der Waals surface area contributed by atoms with Crippen molar-refractivity contribution >= 4 is 13.1 Å². The second-order valence-electron chi connectivity index (χ2n) is 4.32. The van der Waals surface area contributed by atoms with Gasteiger partial charge in [-0.05, 0) is 34.1 Å². The molecule has 0 aromatic carbocycles. The molecule has 0 fully saturated rings. The minimum atomic E-state index is -2.28. The summed E-state index contributed by atoms with van der Waals surface area (Å²) in [5, 5.41) is 0. The van der Waals surface area contributed by atoms with Gasteiger partial charge in [0.2, 0.25) is 0 Å². The lowest BCUT2D eigenvalue weighted by Gasteiger charge is -2.20. The molecule has 0 saturated carbocycles. The average Bonchev–Trinajstić information content (AvgIpc) is 1.49. The maximum absolute atomic E-state index is 11.2. The van der Waals surface area contributed by atoms with Crippen molar-refractivity contribution in [2.75, 3.05) is 19.5 Å². The van der Waals surface area contributed by atoms with E-state index in [2.05, 4.69) is 0 Å². The second-order valence-corrected chi connectivity index (χ2v) is 7.78. The molecule has 3 nitrogen and oxygen atoms in total. The van der Waals surface area contributed by atoms with Crippen molar-refractivity contribution in [3.05, 3.63) is 0 Å². The summed E-state index contributed by atoms with van der Waals surface area (Å²) in [5.41, 5.74) is -0.480. The minimum Gasteiger partial charge on any atom is -0.460 e. The standard InChI is InChI=1S/C8H17O3P/c1-8(2,3)11-7(9)6-12(4,5)10/h6H2,1-5H3. The first-order chi connectivity index (χ1) is 5.10. The summed E-state index contributed by atoms with van der Waals surface area (Å²) < 4.78 is 16.2. The third-order valence-electron chi connectivity index (χ3n) is 0.930. The summed E-state index contributed by atoms with van der Waals surface area (Å²) in [6, 6.07) is 0. The molecular weight excluding hydrogens is 175 g/mol. The molecule has 0 aromatic heterocycles. The molecular formula is C8H17O3P. The maximum Gasteiger partial charge on any atom is 0.313 e. The summed E-state index contributed by atoms with van der Waals surface area (Å²) in [6.45, 7) is 8.54. The van der Waals surface area contributed by atoms with Crippen molar-refractivity contribution in [2.24, 2.45) is 0 Å². The van der Waals surface area contributed by atoms with Gasteiger partial charge in [0.15, 0.2) is 0 Å². The zero-order valence-corrected chi connectivity index (χ0v) is 9.27. The Kier molecular flexibility index (Phi) is 3.52. The average molecular weight is 192 g/mol. The SMILES string of the molecule is CC(C)(C)OC(=O)CP(C)(C)=O. The van der Waals surface area contributed by atoms with Crippen LogP contribution in [0.2, 0.25) is 0 Å². The number of rotatable bonds is 2. The summed E-state index contributed by atoms with van der Waals surface area (Å²) >= 11 is 0. The van der Waals surface area contributed by atoms with Gasteiger partial charge in [-0.3, -0.25) is 4.79 Å². The maximum atomic E-state index is 11.2. The first kappa shape index (κ1) is 11.7. The molecule has 0 aliphatic carbocycles. The fraction of sp³-hybridized carbons (Fsp3) is 0.875. The van der Waals surface area contributed by atoms with Crippen molar-refractivity contribution in [1.29, 1.82) is 0 Å². The van der Waals surface area contributed by atoms with Gasteiger partial charge < -0.3 is 9.30 Å². The van der Waals surface area contributed by atoms with E-state index in [9.17, 15) is 9.36 Å². The van der Waals surface area contributed by atoms with Crippen LogP contribution in [0.3, 0.4) is 0 Å². The van der Waals surface area contributed by atoms with Crippen LogP contribution in [-0.4, -0.2) is 31.1 Å². The Morgan fingerprint density at radius 3 is 2.00 bits per heavy atom. The van der Waals surface area contributed by atoms with Gasteiger partial charge in [-0.2, -0.15) is 0 Å². The molecule has 0 unspecified atom stereocenters. The lowest BCUT2D eigenvalue weighted by Crippen LogP contribution is -2.25. The van der Waals surface area contributed by atoms with E-state index in [1.165, 1.54) is 0 Å². The summed E-state index contributed by atoms with van der Waals surface area (Å²) in [7, 11) is -2.28. The highest BCUT2D eigenvalue weighted by molar-refractivity contribution is 7.63. The van der Waals surface area contributed by atoms with E-state index in [0.717, 1.165) is 0 Å². The van der Waals surface area contributed by atoms with E-state index >= 15 is 0 Å². The Bertz CT molecular complexity index is 209. The Morgan fingerprint density at radius 2 is 1.75 bits per heavy atom. The molecule has 72 valence electrons. The highest BCUT2D eigenvalue weighted by atomic mass is 31.2. The van der Waals surface area contributed by atoms with Crippen molar-refractivity contribution in [3.8, 4) is 0 Å². The lowest BCUT2D eigenvalue weighted by atomic mass is 10.2. The highest BCUT2D eigenvalue weighted by Crippen LogP contribution is 2.35. The van der Waals surface area contributed by atoms with Gasteiger partial charge in [-0.25, -0.2) is 0 Å². The molecule has 0 aliphatic heterocycles. The van der Waals surface area contributed by atoms with E-state index in [1.807, 2.05) is 0 Å². The van der Waals surface area contributed by atoms with E-state index in [-0.39, 0.29) is 12.1 Å². The van der Waals surface area contributed by atoms with Crippen molar-refractivity contribution in [1.82, 2.24) is 0 Å². The highest BCUT2D eigenvalue weighted by Gasteiger charge is 2.20. The van der Waals surface area contributed by atoms with Gasteiger partial charge in [0, 0.05) is 0 Å². The number of esters is 1. The monoisotopic (exact) mass is 192 g/mol. The Balaban J connectivity index is 4.01. The zero-order chi connectivity index (χ0) is 9.99. The molecule has 0 aliphatic rings. The predicted octanol–water partition coefficient (Wildman–Crippen LogP) is 1.95. The van der Waals surface area contributed by atoms with Crippen molar-refractivity contribution in [3.63, 3.8) is 0 Å². The van der Waals surface area contributed by atoms with Gasteiger partial charge in [0.05, 0.1) is 13.3 Å². The Hall–Kier alpha value is -0.300. The van der Waals surface area contributed by atoms with E-state index in [1.54, 1.807) is 34.1 Å². The number of hydrogen-bond acceptors (Lipinski definition) is 3. The molecule has 0 atom stereocenters. The fourth-order valence-corrected chi connectivity index (χ4v) is 1.37. The third-order valence-corrected chi connectivity index (χ3v) is 1.95. The molecule has 0 amide bonds. The largest absolute Gasteiger partial charge is 0.460 e. The van der Waals surface area contributed by atoms with E-state index in [4.69, 9.17) is 4.74 Å². The quantitative estimate of drug-likeness (QED) is 0.496. The van der Waals surface area contributed by atoms with Crippen LogP contribution in [-0.2, 0) is 14.1 Å². The van der Waals surface area contributed by atoms with Crippen LogP contribution < -0.4 is 0 Å². The zero-order valence-electron chi connectivity index (χ0n) is 8.38. The molecule has 4 heteroatoms. The van der Waals surface area contributed by atoms with Gasteiger partial charge in [-0.1, -0.05) is 0 Å². The Labute approximate surface area is 73.9 Å². The molecule has 12 heavy (non-hydrogen) atoms. The van der Waals surface area contributed by atoms with Gasteiger partial charge >= 0.3 is 5.97 Å². The van der Waals surface area contributed by atoms with Gasteiger partial charge in [0.25, 0.3) is 0 Å². The summed E-state index contributed by atoms with van der Waals surface area (Å²) in [4.78, 5) is 11.1. The minimum absolute atomic E-state index is 0.0320. The fourth-order valence-electron chi connectivity index (χ4n) is 0.685. The van der Waals surface area contributed by atoms with Crippen LogP contribution in [0.25, 0.3) is 0 Å². The van der Waals surface area contributed by atoms with Crippen LogP contribution >= 0.6 is 7.14 Å². The smallest absolute Gasteiger partial charge is 0.313 e. The van der Waals surface area contributed by atoms with Crippen LogP contribution in [0.15, 0.2) is 0 Å². The molecule has 0 saturated heterocycles. The van der Waals surface area contributed by atoms with Crippen LogP contribution in [0.4, 0.5) is 0 Å². The number of carbonyl (C=O) groups excluding carboxylic acids is 1. The summed E-state index contributed by atoms with van der Waals surface area (Å²) in [6.07, 6.45) is 0.0320. The number of ether oxygens (including phenoxy) is 1. The molecule has 0 aromatic rings. The second kappa shape index (κ2) is 3.61. The van der Waals surface area contributed by atoms with E-state index < -0.39 is 12.7 Å².